The standard InChI is InChI=1S/C15H32O3/c1-8-15(6,14(4,5)11-17-7)12-18-10-13(2,3)9-16/h16H,8-12H2,1-7H3. The monoisotopic (exact) mass is 260 g/mol. The largest absolute Gasteiger partial charge is 0.396 e. The van der Waals surface area contributed by atoms with E-state index in [0.29, 0.717) is 13.2 Å². The second-order valence-electron chi connectivity index (χ2n) is 7.05. The molecule has 0 aromatic rings. The zero-order valence-corrected chi connectivity index (χ0v) is 13.3. The van der Waals surface area contributed by atoms with Gasteiger partial charge in [-0.3, -0.25) is 0 Å². The van der Waals surface area contributed by atoms with Crippen molar-refractivity contribution in [1.82, 2.24) is 0 Å². The molecule has 3 nitrogen and oxygen atoms in total. The zero-order chi connectivity index (χ0) is 14.4. The normalized spacial score (nSPS) is 16.7. The van der Waals surface area contributed by atoms with Gasteiger partial charge in [-0.25, -0.2) is 0 Å². The molecule has 3 heteroatoms. The molecule has 0 aliphatic rings. The highest BCUT2D eigenvalue weighted by atomic mass is 16.5. The number of rotatable bonds is 9. The predicted octanol–water partition coefficient (Wildman–Crippen LogP) is 3.11. The molecule has 0 spiro atoms. The van der Waals surface area contributed by atoms with Crippen molar-refractivity contribution >= 4 is 0 Å². The van der Waals surface area contributed by atoms with E-state index in [2.05, 4.69) is 27.7 Å². The Balaban J connectivity index is 4.50. The first-order chi connectivity index (χ1) is 8.14. The van der Waals surface area contributed by atoms with Crippen LogP contribution in [-0.4, -0.2) is 38.6 Å². The van der Waals surface area contributed by atoms with E-state index in [1.54, 1.807) is 7.11 Å². The van der Waals surface area contributed by atoms with Crippen LogP contribution in [0.5, 0.6) is 0 Å². The lowest BCUT2D eigenvalue weighted by Crippen LogP contribution is -2.42. The van der Waals surface area contributed by atoms with Crippen molar-refractivity contribution in [3.05, 3.63) is 0 Å². The van der Waals surface area contributed by atoms with Crippen molar-refractivity contribution in [1.29, 1.82) is 0 Å². The van der Waals surface area contributed by atoms with Crippen molar-refractivity contribution < 1.29 is 14.6 Å². The van der Waals surface area contributed by atoms with Crippen molar-refractivity contribution in [3.8, 4) is 0 Å². The van der Waals surface area contributed by atoms with Gasteiger partial charge in [0.1, 0.15) is 0 Å². The number of hydrogen-bond donors (Lipinski definition) is 1. The molecule has 18 heavy (non-hydrogen) atoms. The Morgan fingerprint density at radius 2 is 1.50 bits per heavy atom. The average molecular weight is 260 g/mol. The zero-order valence-electron chi connectivity index (χ0n) is 13.3. The van der Waals surface area contributed by atoms with E-state index in [1.807, 2.05) is 13.8 Å². The molecule has 0 fully saturated rings. The molecule has 0 saturated carbocycles. The van der Waals surface area contributed by atoms with Crippen LogP contribution < -0.4 is 0 Å². The van der Waals surface area contributed by atoms with Gasteiger partial charge >= 0.3 is 0 Å². The first-order valence-corrected chi connectivity index (χ1v) is 6.82. The third kappa shape index (κ3) is 4.87. The van der Waals surface area contributed by atoms with E-state index >= 15 is 0 Å². The number of hydrogen-bond acceptors (Lipinski definition) is 3. The fourth-order valence-electron chi connectivity index (χ4n) is 1.91. The fraction of sp³-hybridized carbons (Fsp3) is 1.00. The van der Waals surface area contributed by atoms with Gasteiger partial charge in [0, 0.05) is 12.5 Å². The van der Waals surface area contributed by atoms with Crippen LogP contribution in [0.15, 0.2) is 0 Å². The van der Waals surface area contributed by atoms with Crippen LogP contribution >= 0.6 is 0 Å². The van der Waals surface area contributed by atoms with Crippen LogP contribution in [0, 0.1) is 16.2 Å². The highest BCUT2D eigenvalue weighted by Crippen LogP contribution is 2.42. The Labute approximate surface area is 113 Å². The summed E-state index contributed by atoms with van der Waals surface area (Å²) in [5, 5.41) is 9.22. The molecule has 1 N–H and O–H groups in total. The summed E-state index contributed by atoms with van der Waals surface area (Å²) in [5.74, 6) is 0. The van der Waals surface area contributed by atoms with Crippen molar-refractivity contribution in [2.75, 3.05) is 33.5 Å². The molecule has 0 bridgehead atoms. The van der Waals surface area contributed by atoms with Crippen molar-refractivity contribution in [2.45, 2.75) is 48.0 Å². The van der Waals surface area contributed by atoms with E-state index in [4.69, 9.17) is 9.47 Å². The molecule has 0 aromatic heterocycles. The summed E-state index contributed by atoms with van der Waals surface area (Å²) < 4.78 is 11.2. The summed E-state index contributed by atoms with van der Waals surface area (Å²) in [5.41, 5.74) is -0.0194. The van der Waals surface area contributed by atoms with E-state index in [9.17, 15) is 5.11 Å². The number of aliphatic hydroxyl groups excluding tert-OH is 1. The first-order valence-electron chi connectivity index (χ1n) is 6.82. The minimum Gasteiger partial charge on any atom is -0.396 e. The second-order valence-corrected chi connectivity index (χ2v) is 7.05. The van der Waals surface area contributed by atoms with Crippen LogP contribution in [0.2, 0.25) is 0 Å². The number of methoxy groups -OCH3 is 1. The maximum atomic E-state index is 9.22. The summed E-state index contributed by atoms with van der Waals surface area (Å²) in [4.78, 5) is 0. The van der Waals surface area contributed by atoms with Gasteiger partial charge in [0.2, 0.25) is 0 Å². The SMILES string of the molecule is CCC(C)(COCC(C)(C)CO)C(C)(C)COC. The molecule has 0 saturated heterocycles. The molecule has 1 unspecified atom stereocenters. The Morgan fingerprint density at radius 3 is 1.89 bits per heavy atom. The lowest BCUT2D eigenvalue weighted by atomic mass is 9.66. The molecule has 0 amide bonds. The van der Waals surface area contributed by atoms with Crippen LogP contribution in [0.3, 0.4) is 0 Å². The van der Waals surface area contributed by atoms with Crippen LogP contribution in [0.1, 0.15) is 48.0 Å². The molecule has 0 aliphatic carbocycles. The van der Waals surface area contributed by atoms with E-state index in [-0.39, 0.29) is 22.9 Å². The van der Waals surface area contributed by atoms with Gasteiger partial charge in [-0.15, -0.1) is 0 Å². The smallest absolute Gasteiger partial charge is 0.0539 e. The fourth-order valence-corrected chi connectivity index (χ4v) is 1.91. The van der Waals surface area contributed by atoms with E-state index < -0.39 is 0 Å². The lowest BCUT2D eigenvalue weighted by Gasteiger charge is -2.43. The highest BCUT2D eigenvalue weighted by molar-refractivity contribution is 4.88. The van der Waals surface area contributed by atoms with Gasteiger partial charge in [-0.1, -0.05) is 41.5 Å². The molecular weight excluding hydrogens is 228 g/mol. The highest BCUT2D eigenvalue weighted by Gasteiger charge is 2.40. The lowest BCUT2D eigenvalue weighted by molar-refractivity contribution is -0.0771. The third-order valence-electron chi connectivity index (χ3n) is 4.26. The maximum absolute atomic E-state index is 9.22. The molecule has 0 heterocycles. The minimum atomic E-state index is -0.167. The number of ether oxygens (including phenoxy) is 2. The van der Waals surface area contributed by atoms with Gasteiger partial charge in [0.15, 0.2) is 0 Å². The molecule has 0 rings (SSSR count). The van der Waals surface area contributed by atoms with Gasteiger partial charge in [0.25, 0.3) is 0 Å². The number of aliphatic hydroxyl groups is 1. The second kappa shape index (κ2) is 6.88. The summed E-state index contributed by atoms with van der Waals surface area (Å²) >= 11 is 0. The molecular formula is C15H32O3. The van der Waals surface area contributed by atoms with Crippen LogP contribution in [0.25, 0.3) is 0 Å². The topological polar surface area (TPSA) is 38.7 Å². The Morgan fingerprint density at radius 1 is 0.944 bits per heavy atom. The maximum Gasteiger partial charge on any atom is 0.0539 e. The van der Waals surface area contributed by atoms with E-state index in [0.717, 1.165) is 13.0 Å². The van der Waals surface area contributed by atoms with E-state index in [1.165, 1.54) is 0 Å². The Bertz CT molecular complexity index is 236. The quantitative estimate of drug-likeness (QED) is 0.692. The first kappa shape index (κ1) is 17.9. The summed E-state index contributed by atoms with van der Waals surface area (Å²) in [6, 6.07) is 0. The molecule has 0 aliphatic heterocycles. The van der Waals surface area contributed by atoms with Gasteiger partial charge in [0.05, 0.1) is 26.4 Å². The molecule has 1 atom stereocenters. The summed E-state index contributed by atoms with van der Waals surface area (Å²) in [6.45, 7) is 15.1. The Kier molecular flexibility index (Phi) is 6.83. The molecule has 0 aromatic carbocycles. The summed E-state index contributed by atoms with van der Waals surface area (Å²) in [7, 11) is 1.74. The van der Waals surface area contributed by atoms with Gasteiger partial charge in [-0.05, 0) is 17.3 Å². The van der Waals surface area contributed by atoms with Gasteiger partial charge in [-0.2, -0.15) is 0 Å². The minimum absolute atomic E-state index is 0.0693. The van der Waals surface area contributed by atoms with Gasteiger partial charge < -0.3 is 14.6 Å². The van der Waals surface area contributed by atoms with Crippen molar-refractivity contribution in [3.63, 3.8) is 0 Å². The molecule has 0 radical (unpaired) electrons. The van der Waals surface area contributed by atoms with Crippen LogP contribution in [-0.2, 0) is 9.47 Å². The predicted molar refractivity (Wildman–Crippen MR) is 75.7 cm³/mol. The summed E-state index contributed by atoms with van der Waals surface area (Å²) in [6.07, 6.45) is 1.04. The Hall–Kier alpha value is -0.120. The third-order valence-corrected chi connectivity index (χ3v) is 4.26. The average Bonchev–Trinajstić information content (AvgIpc) is 2.28. The molecule has 110 valence electrons. The van der Waals surface area contributed by atoms with Crippen LogP contribution in [0.4, 0.5) is 0 Å². The van der Waals surface area contributed by atoms with Crippen molar-refractivity contribution in [2.24, 2.45) is 16.2 Å².